The molecule has 0 atom stereocenters. The number of halogens is 2. The number of rotatable bonds is 2. The van der Waals surface area contributed by atoms with Crippen LogP contribution in [0, 0.1) is 0 Å². The van der Waals surface area contributed by atoms with Gasteiger partial charge in [-0.3, -0.25) is 0 Å². The van der Waals surface area contributed by atoms with Crippen LogP contribution >= 0.6 is 24.0 Å². The predicted octanol–water partition coefficient (Wildman–Crippen LogP) is 3.03. The van der Waals surface area contributed by atoms with Gasteiger partial charge in [-0.2, -0.15) is 5.10 Å². The molecule has 0 bridgehead atoms. The third-order valence-corrected chi connectivity index (χ3v) is 2.14. The summed E-state index contributed by atoms with van der Waals surface area (Å²) in [6, 6.07) is 9.91. The predicted molar refractivity (Wildman–Crippen MR) is 60.4 cm³/mol. The van der Waals surface area contributed by atoms with E-state index in [4.69, 9.17) is 11.6 Å². The van der Waals surface area contributed by atoms with E-state index in [1.807, 2.05) is 41.2 Å². The highest BCUT2D eigenvalue weighted by molar-refractivity contribution is 6.17. The zero-order valence-corrected chi connectivity index (χ0v) is 9.00. The summed E-state index contributed by atoms with van der Waals surface area (Å²) in [5, 5.41) is 4.14. The van der Waals surface area contributed by atoms with Crippen molar-refractivity contribution in [2.45, 2.75) is 5.88 Å². The fraction of sp³-hybridized carbons (Fsp3) is 0.100. The highest BCUT2D eigenvalue weighted by Gasteiger charge is 1.96. The van der Waals surface area contributed by atoms with Crippen molar-refractivity contribution in [3.63, 3.8) is 0 Å². The number of alkyl halides is 1. The quantitative estimate of drug-likeness (QED) is 0.723. The van der Waals surface area contributed by atoms with Crippen molar-refractivity contribution in [3.8, 4) is 5.69 Å². The molecule has 0 saturated heterocycles. The van der Waals surface area contributed by atoms with Crippen molar-refractivity contribution in [2.24, 2.45) is 0 Å². The lowest BCUT2D eigenvalue weighted by Gasteiger charge is -2.02. The second kappa shape index (κ2) is 5.03. The van der Waals surface area contributed by atoms with Crippen LogP contribution in [0.15, 0.2) is 42.7 Å². The summed E-state index contributed by atoms with van der Waals surface area (Å²) in [5.41, 5.74) is 2.15. The van der Waals surface area contributed by atoms with Crippen LogP contribution in [-0.2, 0) is 5.88 Å². The van der Waals surface area contributed by atoms with Crippen molar-refractivity contribution in [1.29, 1.82) is 0 Å². The largest absolute Gasteiger partial charge is 0.241 e. The molecule has 0 saturated carbocycles. The van der Waals surface area contributed by atoms with Crippen LogP contribution in [0.3, 0.4) is 0 Å². The molecule has 2 nitrogen and oxygen atoms in total. The number of aromatic nitrogens is 2. The Balaban J connectivity index is 0.000000980. The maximum absolute atomic E-state index is 5.73. The van der Waals surface area contributed by atoms with E-state index >= 15 is 0 Å². The normalized spacial score (nSPS) is 9.50. The van der Waals surface area contributed by atoms with Gasteiger partial charge in [0, 0.05) is 18.3 Å². The summed E-state index contributed by atoms with van der Waals surface area (Å²) in [6.45, 7) is 0. The molecule has 0 aliphatic rings. The minimum Gasteiger partial charge on any atom is -0.241 e. The van der Waals surface area contributed by atoms with Gasteiger partial charge in [0.1, 0.15) is 0 Å². The van der Waals surface area contributed by atoms with Gasteiger partial charge in [0.25, 0.3) is 0 Å². The zero-order chi connectivity index (χ0) is 9.10. The third-order valence-electron chi connectivity index (χ3n) is 1.83. The zero-order valence-electron chi connectivity index (χ0n) is 7.43. The van der Waals surface area contributed by atoms with Gasteiger partial charge in [0.2, 0.25) is 0 Å². The Hall–Kier alpha value is -0.990. The van der Waals surface area contributed by atoms with Crippen LogP contribution in [0.25, 0.3) is 5.69 Å². The molecule has 2 aromatic rings. The van der Waals surface area contributed by atoms with E-state index < -0.39 is 0 Å². The van der Waals surface area contributed by atoms with Crippen molar-refractivity contribution >= 4 is 24.0 Å². The Bertz CT molecular complexity index is 385. The fourth-order valence-electron chi connectivity index (χ4n) is 1.20. The van der Waals surface area contributed by atoms with Gasteiger partial charge < -0.3 is 0 Å². The first-order valence-electron chi connectivity index (χ1n) is 4.05. The topological polar surface area (TPSA) is 17.8 Å². The minimum absolute atomic E-state index is 0. The lowest BCUT2D eigenvalue weighted by Crippen LogP contribution is -1.94. The van der Waals surface area contributed by atoms with Crippen LogP contribution in [0.4, 0.5) is 0 Å². The van der Waals surface area contributed by atoms with Crippen molar-refractivity contribution in [3.05, 3.63) is 48.3 Å². The monoisotopic (exact) mass is 228 g/mol. The van der Waals surface area contributed by atoms with Crippen molar-refractivity contribution in [2.75, 3.05) is 0 Å². The molecule has 0 N–H and O–H groups in total. The highest BCUT2D eigenvalue weighted by atomic mass is 35.5. The minimum atomic E-state index is 0. The van der Waals surface area contributed by atoms with Crippen molar-refractivity contribution < 1.29 is 0 Å². The first-order chi connectivity index (χ1) is 6.40. The van der Waals surface area contributed by atoms with E-state index in [2.05, 4.69) is 5.10 Å². The average Bonchev–Trinajstić information content (AvgIpc) is 2.71. The van der Waals surface area contributed by atoms with Gasteiger partial charge >= 0.3 is 0 Å². The number of hydrogen-bond acceptors (Lipinski definition) is 1. The molecule has 0 aliphatic carbocycles. The molecule has 1 aromatic carbocycles. The Morgan fingerprint density at radius 3 is 2.79 bits per heavy atom. The Kier molecular flexibility index (Phi) is 3.98. The lowest BCUT2D eigenvalue weighted by atomic mass is 10.2. The molecule has 0 unspecified atom stereocenters. The Labute approximate surface area is 93.9 Å². The van der Waals surface area contributed by atoms with Crippen LogP contribution in [0.2, 0.25) is 0 Å². The Morgan fingerprint density at radius 1 is 1.29 bits per heavy atom. The molecule has 14 heavy (non-hydrogen) atoms. The number of benzene rings is 1. The van der Waals surface area contributed by atoms with Crippen LogP contribution in [0.5, 0.6) is 0 Å². The summed E-state index contributed by atoms with van der Waals surface area (Å²) in [5.74, 6) is 0.537. The smallest absolute Gasteiger partial charge is 0.0648 e. The molecule has 0 radical (unpaired) electrons. The highest BCUT2D eigenvalue weighted by Crippen LogP contribution is 2.10. The molecule has 0 fully saturated rings. The second-order valence-electron chi connectivity index (χ2n) is 2.75. The second-order valence-corrected chi connectivity index (χ2v) is 3.02. The summed E-state index contributed by atoms with van der Waals surface area (Å²) in [7, 11) is 0. The number of nitrogens with zero attached hydrogens (tertiary/aromatic N) is 2. The average molecular weight is 229 g/mol. The van der Waals surface area contributed by atoms with Gasteiger partial charge in [-0.1, -0.05) is 12.1 Å². The van der Waals surface area contributed by atoms with Crippen LogP contribution in [-0.4, -0.2) is 9.78 Å². The van der Waals surface area contributed by atoms with Crippen LogP contribution in [0.1, 0.15) is 5.56 Å². The van der Waals surface area contributed by atoms with Crippen molar-refractivity contribution in [1.82, 2.24) is 9.78 Å². The van der Waals surface area contributed by atoms with Gasteiger partial charge in [0.15, 0.2) is 0 Å². The van der Waals surface area contributed by atoms with Gasteiger partial charge in [0.05, 0.1) is 5.69 Å². The van der Waals surface area contributed by atoms with E-state index in [1.165, 1.54) is 0 Å². The summed E-state index contributed by atoms with van der Waals surface area (Å²) in [6.07, 6.45) is 3.67. The van der Waals surface area contributed by atoms with E-state index in [0.717, 1.165) is 11.3 Å². The third kappa shape index (κ3) is 2.28. The SMILES string of the molecule is Cl.ClCc1cccc(-n2cccn2)c1. The van der Waals surface area contributed by atoms with Crippen LogP contribution < -0.4 is 0 Å². The summed E-state index contributed by atoms with van der Waals surface area (Å²) in [4.78, 5) is 0. The standard InChI is InChI=1S/C10H9ClN2.ClH/c11-8-9-3-1-4-10(7-9)13-6-2-5-12-13;/h1-7H,8H2;1H. The fourth-order valence-corrected chi connectivity index (χ4v) is 1.37. The molecule has 4 heteroatoms. The van der Waals surface area contributed by atoms with E-state index in [0.29, 0.717) is 5.88 Å². The molecule has 0 amide bonds. The van der Waals surface area contributed by atoms with E-state index in [-0.39, 0.29) is 12.4 Å². The van der Waals surface area contributed by atoms with E-state index in [9.17, 15) is 0 Å². The Morgan fingerprint density at radius 2 is 2.14 bits per heavy atom. The molecule has 1 aromatic heterocycles. The summed E-state index contributed by atoms with van der Waals surface area (Å²) < 4.78 is 1.82. The molecule has 74 valence electrons. The maximum atomic E-state index is 5.73. The molecular weight excluding hydrogens is 219 g/mol. The van der Waals surface area contributed by atoms with Gasteiger partial charge in [-0.15, -0.1) is 24.0 Å². The molecule has 0 spiro atoms. The first kappa shape index (κ1) is 11.1. The maximum Gasteiger partial charge on any atom is 0.0648 e. The first-order valence-corrected chi connectivity index (χ1v) is 4.58. The number of hydrogen-bond donors (Lipinski definition) is 0. The molecule has 1 heterocycles. The summed E-state index contributed by atoms with van der Waals surface area (Å²) >= 11 is 5.73. The van der Waals surface area contributed by atoms with Gasteiger partial charge in [-0.25, -0.2) is 4.68 Å². The molecule has 2 rings (SSSR count). The van der Waals surface area contributed by atoms with Gasteiger partial charge in [-0.05, 0) is 23.8 Å². The lowest BCUT2D eigenvalue weighted by molar-refractivity contribution is 0.879. The molecular formula is C10H10Cl2N2. The molecule has 0 aliphatic heterocycles. The van der Waals surface area contributed by atoms with E-state index in [1.54, 1.807) is 6.20 Å².